The molecule has 0 aliphatic carbocycles. The van der Waals surface area contributed by atoms with E-state index < -0.39 is 0 Å². The molecule has 1 aromatic heterocycles. The molecule has 0 saturated carbocycles. The quantitative estimate of drug-likeness (QED) is 0.872. The molecule has 2 heterocycles. The number of hydrogen-bond acceptors (Lipinski definition) is 3. The first kappa shape index (κ1) is 11.3. The van der Waals surface area contributed by atoms with E-state index in [1.807, 2.05) is 29.1 Å². The number of anilines is 1. The van der Waals surface area contributed by atoms with Crippen LogP contribution in [0.1, 0.15) is 12.0 Å². The Hall–Kier alpha value is -1.81. The van der Waals surface area contributed by atoms with Crippen LogP contribution >= 0.6 is 0 Å². The van der Waals surface area contributed by atoms with Gasteiger partial charge >= 0.3 is 0 Å². The molecule has 3 rings (SSSR count). The van der Waals surface area contributed by atoms with E-state index in [9.17, 15) is 0 Å². The first-order valence-electron chi connectivity index (χ1n) is 6.36. The lowest BCUT2D eigenvalue weighted by Gasteiger charge is -2.20. The molecular formula is C14H18N4. The summed E-state index contributed by atoms with van der Waals surface area (Å²) >= 11 is 0. The predicted molar refractivity (Wildman–Crippen MR) is 73.1 cm³/mol. The normalized spacial score (nSPS) is 19.4. The number of para-hydroxylation sites is 1. The molecule has 1 aliphatic heterocycles. The molecule has 1 unspecified atom stereocenters. The molecule has 1 aromatic carbocycles. The van der Waals surface area contributed by atoms with E-state index in [0.717, 1.165) is 25.2 Å². The fraction of sp³-hybridized carbons (Fsp3) is 0.357. The molecule has 1 aliphatic rings. The molecule has 1 fully saturated rings. The van der Waals surface area contributed by atoms with Gasteiger partial charge in [0.2, 0.25) is 0 Å². The van der Waals surface area contributed by atoms with Crippen LogP contribution in [0, 0.1) is 6.92 Å². The minimum Gasteiger partial charge on any atom is -0.355 e. The molecule has 4 heteroatoms. The number of nitrogens with zero attached hydrogens (tertiary/aromatic N) is 3. The molecule has 2 aromatic rings. The summed E-state index contributed by atoms with van der Waals surface area (Å²) in [5, 5.41) is 4.49. The van der Waals surface area contributed by atoms with E-state index in [-0.39, 0.29) is 6.04 Å². The van der Waals surface area contributed by atoms with Crippen LogP contribution in [0.25, 0.3) is 5.69 Å². The van der Waals surface area contributed by atoms with Crippen LogP contribution in [0.5, 0.6) is 0 Å². The van der Waals surface area contributed by atoms with Gasteiger partial charge in [0, 0.05) is 24.7 Å². The summed E-state index contributed by atoms with van der Waals surface area (Å²) < 4.78 is 2.01. The predicted octanol–water partition coefficient (Wildman–Crippen LogP) is 1.72. The molecule has 0 bridgehead atoms. The molecule has 0 radical (unpaired) electrons. The monoisotopic (exact) mass is 242 g/mol. The second kappa shape index (κ2) is 4.46. The van der Waals surface area contributed by atoms with Crippen molar-refractivity contribution in [2.24, 2.45) is 5.73 Å². The summed E-state index contributed by atoms with van der Waals surface area (Å²) in [4.78, 5) is 2.33. The Morgan fingerprint density at radius 1 is 1.28 bits per heavy atom. The van der Waals surface area contributed by atoms with Crippen molar-refractivity contribution in [3.05, 3.63) is 42.1 Å². The van der Waals surface area contributed by atoms with Crippen LogP contribution in [0.3, 0.4) is 0 Å². The van der Waals surface area contributed by atoms with Crippen molar-refractivity contribution in [2.75, 3.05) is 18.0 Å². The van der Waals surface area contributed by atoms with Crippen LogP contribution in [0.4, 0.5) is 5.82 Å². The largest absolute Gasteiger partial charge is 0.355 e. The van der Waals surface area contributed by atoms with Crippen molar-refractivity contribution < 1.29 is 0 Å². The Kier molecular flexibility index (Phi) is 2.80. The van der Waals surface area contributed by atoms with Crippen molar-refractivity contribution in [3.8, 4) is 5.69 Å². The smallest absolute Gasteiger partial charge is 0.135 e. The highest BCUT2D eigenvalue weighted by atomic mass is 15.4. The highest BCUT2D eigenvalue weighted by molar-refractivity contribution is 5.53. The molecule has 0 amide bonds. The highest BCUT2D eigenvalue weighted by Crippen LogP contribution is 2.26. The Balaban J connectivity index is 2.02. The first-order chi connectivity index (χ1) is 8.75. The topological polar surface area (TPSA) is 47.1 Å². The average molecular weight is 242 g/mol. The first-order valence-corrected chi connectivity index (χ1v) is 6.36. The minimum atomic E-state index is 0.281. The second-order valence-electron chi connectivity index (χ2n) is 4.89. The van der Waals surface area contributed by atoms with Gasteiger partial charge in [-0.2, -0.15) is 5.10 Å². The average Bonchev–Trinajstić information content (AvgIpc) is 2.96. The molecule has 1 saturated heterocycles. The molecule has 4 nitrogen and oxygen atoms in total. The van der Waals surface area contributed by atoms with Crippen molar-refractivity contribution in [2.45, 2.75) is 19.4 Å². The third-order valence-corrected chi connectivity index (χ3v) is 3.45. The molecule has 1 atom stereocenters. The minimum absolute atomic E-state index is 0.281. The van der Waals surface area contributed by atoms with Gasteiger partial charge in [-0.05, 0) is 25.5 Å². The van der Waals surface area contributed by atoms with Gasteiger partial charge in [0.05, 0.1) is 11.9 Å². The zero-order valence-corrected chi connectivity index (χ0v) is 10.6. The Bertz CT molecular complexity index is 532. The molecular weight excluding hydrogens is 224 g/mol. The Morgan fingerprint density at radius 2 is 2.06 bits per heavy atom. The number of nitrogens with two attached hydrogens (primary N) is 1. The summed E-state index contributed by atoms with van der Waals surface area (Å²) in [6.07, 6.45) is 2.98. The molecule has 94 valence electrons. The van der Waals surface area contributed by atoms with Crippen molar-refractivity contribution in [1.29, 1.82) is 0 Å². The summed E-state index contributed by atoms with van der Waals surface area (Å²) in [7, 11) is 0. The summed E-state index contributed by atoms with van der Waals surface area (Å²) in [5.74, 6) is 1.18. The Morgan fingerprint density at radius 3 is 2.72 bits per heavy atom. The SMILES string of the molecule is Cc1cnn(-c2ccccc2)c1N1CCC(N)C1. The number of aryl methyl sites for hydroxylation is 1. The van der Waals surface area contributed by atoms with Crippen LogP contribution in [0.15, 0.2) is 36.5 Å². The number of benzene rings is 1. The number of rotatable bonds is 2. The molecule has 0 spiro atoms. The lowest BCUT2D eigenvalue weighted by molar-refractivity contribution is 0.748. The second-order valence-corrected chi connectivity index (χ2v) is 4.89. The maximum Gasteiger partial charge on any atom is 0.135 e. The van der Waals surface area contributed by atoms with Crippen LogP contribution in [0.2, 0.25) is 0 Å². The lowest BCUT2D eigenvalue weighted by atomic mass is 10.3. The summed E-state index contributed by atoms with van der Waals surface area (Å²) in [5.41, 5.74) is 8.30. The maximum absolute atomic E-state index is 6.00. The van der Waals surface area contributed by atoms with Gasteiger partial charge in [0.25, 0.3) is 0 Å². The van der Waals surface area contributed by atoms with Gasteiger partial charge in [-0.1, -0.05) is 18.2 Å². The van der Waals surface area contributed by atoms with Crippen LogP contribution in [-0.2, 0) is 0 Å². The zero-order valence-electron chi connectivity index (χ0n) is 10.6. The molecule has 18 heavy (non-hydrogen) atoms. The summed E-state index contributed by atoms with van der Waals surface area (Å²) in [6.45, 7) is 4.03. The van der Waals surface area contributed by atoms with E-state index >= 15 is 0 Å². The van der Waals surface area contributed by atoms with Crippen molar-refractivity contribution >= 4 is 5.82 Å². The van der Waals surface area contributed by atoms with Crippen LogP contribution < -0.4 is 10.6 Å². The van der Waals surface area contributed by atoms with Gasteiger partial charge in [-0.25, -0.2) is 4.68 Å². The van der Waals surface area contributed by atoms with Crippen molar-refractivity contribution in [1.82, 2.24) is 9.78 Å². The molecule has 2 N–H and O–H groups in total. The third-order valence-electron chi connectivity index (χ3n) is 3.45. The van der Waals surface area contributed by atoms with E-state index in [2.05, 4.69) is 29.1 Å². The third kappa shape index (κ3) is 1.88. The van der Waals surface area contributed by atoms with Gasteiger partial charge < -0.3 is 10.6 Å². The standard InChI is InChI=1S/C14H18N4/c1-11-9-16-18(13-5-3-2-4-6-13)14(11)17-8-7-12(15)10-17/h2-6,9,12H,7-8,10,15H2,1H3. The van der Waals surface area contributed by atoms with E-state index in [1.165, 1.54) is 11.4 Å². The number of hydrogen-bond donors (Lipinski definition) is 1. The van der Waals surface area contributed by atoms with E-state index in [1.54, 1.807) is 0 Å². The van der Waals surface area contributed by atoms with E-state index in [4.69, 9.17) is 5.73 Å². The zero-order chi connectivity index (χ0) is 12.5. The lowest BCUT2D eigenvalue weighted by Crippen LogP contribution is -2.28. The van der Waals surface area contributed by atoms with Gasteiger partial charge in [0.1, 0.15) is 5.82 Å². The Labute approximate surface area is 107 Å². The highest BCUT2D eigenvalue weighted by Gasteiger charge is 2.24. The fourth-order valence-corrected chi connectivity index (χ4v) is 2.54. The van der Waals surface area contributed by atoms with Gasteiger partial charge in [0.15, 0.2) is 0 Å². The van der Waals surface area contributed by atoms with Crippen LogP contribution in [-0.4, -0.2) is 28.9 Å². The van der Waals surface area contributed by atoms with Gasteiger partial charge in [-0.15, -0.1) is 0 Å². The summed E-state index contributed by atoms with van der Waals surface area (Å²) in [6, 6.07) is 10.5. The maximum atomic E-state index is 6.00. The fourth-order valence-electron chi connectivity index (χ4n) is 2.54. The van der Waals surface area contributed by atoms with Crippen molar-refractivity contribution in [3.63, 3.8) is 0 Å². The van der Waals surface area contributed by atoms with E-state index in [0.29, 0.717) is 0 Å². The van der Waals surface area contributed by atoms with Gasteiger partial charge in [-0.3, -0.25) is 0 Å². The number of aromatic nitrogens is 2.